The molecule has 136 valence electrons. The van der Waals surface area contributed by atoms with Gasteiger partial charge < -0.3 is 14.3 Å². The highest BCUT2D eigenvalue weighted by atomic mass is 32.2. The first-order valence-electron chi connectivity index (χ1n) is 7.57. The van der Waals surface area contributed by atoms with Gasteiger partial charge in [-0.15, -0.1) is 0 Å². The summed E-state index contributed by atoms with van der Waals surface area (Å²) < 4.78 is 36.5. The fourth-order valence-electron chi connectivity index (χ4n) is 2.31. The topological polar surface area (TPSA) is 114 Å². The van der Waals surface area contributed by atoms with Crippen LogP contribution in [0.15, 0.2) is 27.5 Å². The second-order valence-corrected chi connectivity index (χ2v) is 7.45. The average Bonchev–Trinajstić information content (AvgIpc) is 2.89. The maximum Gasteiger partial charge on any atom is 0.374 e. The van der Waals surface area contributed by atoms with Crippen LogP contribution in [0.2, 0.25) is 0 Å². The highest BCUT2D eigenvalue weighted by Crippen LogP contribution is 2.29. The number of carbonyl (C=O) groups is 2. The maximum absolute atomic E-state index is 12.6. The molecule has 0 unspecified atom stereocenters. The van der Waals surface area contributed by atoms with Crippen molar-refractivity contribution >= 4 is 32.9 Å². The van der Waals surface area contributed by atoms with E-state index in [4.69, 9.17) is 14.3 Å². The number of carboxylic acid groups (broad SMARTS) is 1. The molecule has 0 aliphatic carbocycles. The van der Waals surface area contributed by atoms with Crippen LogP contribution >= 0.6 is 0 Å². The van der Waals surface area contributed by atoms with E-state index in [0.29, 0.717) is 16.5 Å². The van der Waals surface area contributed by atoms with Crippen LogP contribution in [0.25, 0.3) is 11.0 Å². The van der Waals surface area contributed by atoms with Gasteiger partial charge in [0.1, 0.15) is 5.58 Å². The molecule has 25 heavy (non-hydrogen) atoms. The summed E-state index contributed by atoms with van der Waals surface area (Å²) in [5.41, 5.74) is 0.853. The predicted molar refractivity (Wildman–Crippen MR) is 89.0 cm³/mol. The molecule has 1 N–H and O–H groups in total. The average molecular weight is 369 g/mol. The van der Waals surface area contributed by atoms with Gasteiger partial charge in [0.25, 0.3) is 0 Å². The molecule has 0 aliphatic rings. The summed E-state index contributed by atoms with van der Waals surface area (Å²) >= 11 is 0. The van der Waals surface area contributed by atoms with Crippen LogP contribution in [0, 0.1) is 6.92 Å². The molecule has 8 nitrogen and oxygen atoms in total. The highest BCUT2D eigenvalue weighted by molar-refractivity contribution is 7.89. The lowest BCUT2D eigenvalue weighted by Gasteiger charge is -2.16. The lowest BCUT2D eigenvalue weighted by Crippen LogP contribution is -2.29. The fraction of sp³-hybridized carbons (Fsp3) is 0.375. The molecule has 0 saturated carbocycles. The van der Waals surface area contributed by atoms with E-state index < -0.39 is 22.0 Å². The molecule has 0 amide bonds. The second kappa shape index (κ2) is 7.24. The van der Waals surface area contributed by atoms with Gasteiger partial charge >= 0.3 is 11.9 Å². The molecular weight excluding hydrogens is 350 g/mol. The third-order valence-electron chi connectivity index (χ3n) is 3.72. The fourth-order valence-corrected chi connectivity index (χ4v) is 3.50. The molecule has 1 aromatic heterocycles. The van der Waals surface area contributed by atoms with E-state index in [9.17, 15) is 18.0 Å². The zero-order valence-corrected chi connectivity index (χ0v) is 14.9. The number of hydrogen-bond donors (Lipinski definition) is 1. The molecule has 0 fully saturated rings. The molecular formula is C16H19NO7S. The molecule has 2 rings (SSSR count). The van der Waals surface area contributed by atoms with Crippen LogP contribution in [0.5, 0.6) is 0 Å². The molecule has 0 bridgehead atoms. The molecule has 2 aromatic rings. The Morgan fingerprint density at radius 1 is 1.32 bits per heavy atom. The second-order valence-electron chi connectivity index (χ2n) is 5.40. The van der Waals surface area contributed by atoms with Crippen LogP contribution < -0.4 is 0 Å². The lowest BCUT2D eigenvalue weighted by atomic mass is 10.1. The number of benzene rings is 1. The number of aliphatic carboxylic acids is 1. The van der Waals surface area contributed by atoms with Crippen LogP contribution in [0.1, 0.15) is 29.5 Å². The summed E-state index contributed by atoms with van der Waals surface area (Å²) in [5, 5.41) is 9.18. The molecule has 9 heteroatoms. The van der Waals surface area contributed by atoms with E-state index in [-0.39, 0.29) is 30.2 Å². The first-order valence-corrected chi connectivity index (χ1v) is 9.01. The Morgan fingerprint density at radius 3 is 2.60 bits per heavy atom. The lowest BCUT2D eigenvalue weighted by molar-refractivity contribution is -0.137. The minimum atomic E-state index is -3.85. The van der Waals surface area contributed by atoms with Crippen molar-refractivity contribution in [2.75, 3.05) is 20.2 Å². The standard InChI is InChI=1S/C16H19NO7S/c1-4-23-16(20)15-10(2)12-9-11(5-6-13(12)24-15)25(21,22)17(3)8-7-14(18)19/h5-6,9H,4,7-8H2,1-3H3,(H,18,19). The third kappa shape index (κ3) is 3.83. The van der Waals surface area contributed by atoms with Crippen molar-refractivity contribution in [3.63, 3.8) is 0 Å². The number of carboxylic acids is 1. The summed E-state index contributed by atoms with van der Waals surface area (Å²) in [6.07, 6.45) is -0.296. The van der Waals surface area contributed by atoms with E-state index in [0.717, 1.165) is 4.31 Å². The number of sulfonamides is 1. The quantitative estimate of drug-likeness (QED) is 0.743. The number of ether oxygens (including phenoxy) is 1. The van der Waals surface area contributed by atoms with Gasteiger partial charge in [0.05, 0.1) is 17.9 Å². The van der Waals surface area contributed by atoms with E-state index >= 15 is 0 Å². The van der Waals surface area contributed by atoms with Gasteiger partial charge in [-0.05, 0) is 32.0 Å². The van der Waals surface area contributed by atoms with Gasteiger partial charge in [-0.2, -0.15) is 0 Å². The smallest absolute Gasteiger partial charge is 0.374 e. The van der Waals surface area contributed by atoms with Crippen LogP contribution in [0.4, 0.5) is 0 Å². The number of rotatable bonds is 7. The Morgan fingerprint density at radius 2 is 2.00 bits per heavy atom. The van der Waals surface area contributed by atoms with Crippen LogP contribution in [0.3, 0.4) is 0 Å². The molecule has 1 heterocycles. The first kappa shape index (κ1) is 18.9. The van der Waals surface area contributed by atoms with Gasteiger partial charge in [0.15, 0.2) is 0 Å². The SMILES string of the molecule is CCOC(=O)c1oc2ccc(S(=O)(=O)N(C)CCC(=O)O)cc2c1C. The number of fused-ring (bicyclic) bond motifs is 1. The minimum absolute atomic E-state index is 0.00722. The molecule has 0 spiro atoms. The summed E-state index contributed by atoms with van der Waals surface area (Å²) in [7, 11) is -2.54. The monoisotopic (exact) mass is 369 g/mol. The van der Waals surface area contributed by atoms with Gasteiger partial charge in [-0.3, -0.25) is 4.79 Å². The number of nitrogens with zero attached hydrogens (tertiary/aromatic N) is 1. The van der Waals surface area contributed by atoms with Crippen molar-refractivity contribution in [3.8, 4) is 0 Å². The Kier molecular flexibility index (Phi) is 5.48. The summed E-state index contributed by atoms with van der Waals surface area (Å²) in [4.78, 5) is 22.5. The number of carbonyl (C=O) groups excluding carboxylic acids is 1. The predicted octanol–water partition coefficient (Wildman–Crippen LogP) is 2.01. The zero-order valence-electron chi connectivity index (χ0n) is 14.1. The number of furan rings is 1. The number of esters is 1. The summed E-state index contributed by atoms with van der Waals surface area (Å²) in [6, 6.07) is 4.22. The largest absolute Gasteiger partial charge is 0.481 e. The molecule has 0 atom stereocenters. The van der Waals surface area contributed by atoms with Gasteiger partial charge in [0.2, 0.25) is 15.8 Å². The highest BCUT2D eigenvalue weighted by Gasteiger charge is 2.24. The molecule has 1 aromatic carbocycles. The van der Waals surface area contributed by atoms with Gasteiger partial charge in [-0.25, -0.2) is 17.5 Å². The normalized spacial score (nSPS) is 11.8. The van der Waals surface area contributed by atoms with Crippen LogP contribution in [-0.2, 0) is 19.6 Å². The van der Waals surface area contributed by atoms with E-state index in [1.165, 1.54) is 25.2 Å². The van der Waals surface area contributed by atoms with Crippen molar-refractivity contribution in [1.82, 2.24) is 4.31 Å². The summed E-state index contributed by atoms with van der Waals surface area (Å²) in [5.74, 6) is -1.66. The van der Waals surface area contributed by atoms with E-state index in [2.05, 4.69) is 0 Å². The Hall–Kier alpha value is -2.39. The van der Waals surface area contributed by atoms with E-state index in [1.54, 1.807) is 13.8 Å². The Labute approximate surface area is 145 Å². The van der Waals surface area contributed by atoms with Gasteiger partial charge in [-0.1, -0.05) is 0 Å². The van der Waals surface area contributed by atoms with Crippen LogP contribution in [-0.4, -0.2) is 50.0 Å². The van der Waals surface area contributed by atoms with Crippen molar-refractivity contribution < 1.29 is 32.3 Å². The van der Waals surface area contributed by atoms with Crippen molar-refractivity contribution in [3.05, 3.63) is 29.5 Å². The third-order valence-corrected chi connectivity index (χ3v) is 5.57. The van der Waals surface area contributed by atoms with Crippen molar-refractivity contribution in [1.29, 1.82) is 0 Å². The molecule has 0 saturated heterocycles. The summed E-state index contributed by atoms with van der Waals surface area (Å²) in [6.45, 7) is 3.37. The molecule has 0 radical (unpaired) electrons. The zero-order chi connectivity index (χ0) is 18.8. The Balaban J connectivity index is 2.42. The van der Waals surface area contributed by atoms with Crippen molar-refractivity contribution in [2.24, 2.45) is 0 Å². The minimum Gasteiger partial charge on any atom is -0.481 e. The maximum atomic E-state index is 12.6. The Bertz CT molecular complexity index is 914. The number of hydrogen-bond acceptors (Lipinski definition) is 6. The van der Waals surface area contributed by atoms with Gasteiger partial charge in [0, 0.05) is 24.5 Å². The van der Waals surface area contributed by atoms with E-state index in [1.807, 2.05) is 0 Å². The molecule has 0 aliphatic heterocycles. The van der Waals surface area contributed by atoms with Crippen molar-refractivity contribution in [2.45, 2.75) is 25.2 Å². The number of aryl methyl sites for hydroxylation is 1. The first-order chi connectivity index (χ1) is 11.7.